The van der Waals surface area contributed by atoms with E-state index < -0.39 is 0 Å². The normalized spacial score (nSPS) is 18.9. The second-order valence-electron chi connectivity index (χ2n) is 7.93. The molecule has 1 aliphatic carbocycles. The first-order valence-corrected chi connectivity index (χ1v) is 9.89. The third-order valence-electron chi connectivity index (χ3n) is 6.65. The summed E-state index contributed by atoms with van der Waals surface area (Å²) >= 11 is 0. The molecular weight excluding hydrogens is 354 g/mol. The summed E-state index contributed by atoms with van der Waals surface area (Å²) in [5.41, 5.74) is 5.46. The van der Waals surface area contributed by atoms with Gasteiger partial charge in [0, 0.05) is 23.4 Å². The van der Waals surface area contributed by atoms with E-state index in [-0.39, 0.29) is 17.0 Å². The van der Waals surface area contributed by atoms with Gasteiger partial charge in [0.1, 0.15) is 0 Å². The lowest BCUT2D eigenvalue weighted by atomic mass is 9.76. The van der Waals surface area contributed by atoms with Gasteiger partial charge in [0.15, 0.2) is 23.0 Å². The monoisotopic (exact) mass is 379 g/mol. The van der Waals surface area contributed by atoms with Crippen molar-refractivity contribution in [3.05, 3.63) is 46.5 Å². The van der Waals surface area contributed by atoms with Crippen LogP contribution in [0.15, 0.2) is 24.3 Å². The van der Waals surface area contributed by atoms with Crippen LogP contribution in [0.1, 0.15) is 47.9 Å². The van der Waals surface area contributed by atoms with Crippen molar-refractivity contribution in [2.75, 3.05) is 20.8 Å². The minimum atomic E-state index is -0.121. The van der Waals surface area contributed by atoms with E-state index in [0.717, 1.165) is 59.7 Å². The molecule has 1 fully saturated rings. The molecule has 2 heterocycles. The van der Waals surface area contributed by atoms with Gasteiger partial charge in [-0.05, 0) is 54.7 Å². The van der Waals surface area contributed by atoms with E-state index in [4.69, 9.17) is 9.47 Å². The van der Waals surface area contributed by atoms with Crippen LogP contribution in [0.2, 0.25) is 0 Å². The fourth-order valence-corrected chi connectivity index (χ4v) is 5.47. The maximum atomic E-state index is 10.1. The van der Waals surface area contributed by atoms with Crippen LogP contribution >= 0.6 is 0 Å². The van der Waals surface area contributed by atoms with E-state index in [1.54, 1.807) is 26.4 Å². The van der Waals surface area contributed by atoms with E-state index in [9.17, 15) is 10.2 Å². The van der Waals surface area contributed by atoms with Crippen LogP contribution in [0.5, 0.6) is 23.0 Å². The molecule has 5 heteroatoms. The molecule has 2 aromatic rings. The number of benzene rings is 2. The van der Waals surface area contributed by atoms with Crippen LogP contribution in [-0.4, -0.2) is 35.9 Å². The van der Waals surface area contributed by atoms with Gasteiger partial charge >= 0.3 is 0 Å². The highest BCUT2D eigenvalue weighted by Crippen LogP contribution is 2.57. The standard InChI is InChI=1S/C23H25NO4/c1-27-20-6-5-15-11-17-16-13-19(26)18(25)12-14(16)7-10-24(17)23(8-3-4-9-23)21(15)22(20)28-2/h5-6,11-13,25-26H,3-4,7-10H2,1-2H3. The summed E-state index contributed by atoms with van der Waals surface area (Å²) in [4.78, 5) is 2.50. The van der Waals surface area contributed by atoms with Crippen molar-refractivity contribution in [3.63, 3.8) is 0 Å². The molecule has 0 atom stereocenters. The molecule has 0 bridgehead atoms. The van der Waals surface area contributed by atoms with Crippen molar-refractivity contribution in [1.29, 1.82) is 0 Å². The highest BCUT2D eigenvalue weighted by Gasteiger charge is 2.49. The Kier molecular flexibility index (Phi) is 3.76. The Labute approximate surface area is 164 Å². The molecular formula is C23H25NO4. The molecule has 2 N–H and O–H groups in total. The Bertz CT molecular complexity index is 989. The quantitative estimate of drug-likeness (QED) is 0.764. The molecule has 28 heavy (non-hydrogen) atoms. The van der Waals surface area contributed by atoms with Crippen molar-refractivity contribution < 1.29 is 19.7 Å². The van der Waals surface area contributed by atoms with Gasteiger partial charge in [0.25, 0.3) is 0 Å². The summed E-state index contributed by atoms with van der Waals surface area (Å²) < 4.78 is 11.5. The SMILES string of the molecule is COc1ccc2c(c1OC)C1(CCCC1)N1CCc3cc(O)c(O)cc3C1=C2. The minimum Gasteiger partial charge on any atom is -0.504 e. The van der Waals surface area contributed by atoms with Crippen LogP contribution in [0, 0.1) is 0 Å². The first kappa shape index (κ1) is 17.3. The zero-order valence-corrected chi connectivity index (χ0v) is 16.3. The molecule has 0 amide bonds. The van der Waals surface area contributed by atoms with E-state index in [0.29, 0.717) is 0 Å². The summed E-state index contributed by atoms with van der Waals surface area (Å²) in [5, 5.41) is 20.1. The number of methoxy groups -OCH3 is 2. The van der Waals surface area contributed by atoms with Gasteiger partial charge in [-0.2, -0.15) is 0 Å². The molecule has 1 saturated carbocycles. The zero-order chi connectivity index (χ0) is 19.5. The summed E-state index contributed by atoms with van der Waals surface area (Å²) in [6.45, 7) is 0.878. The van der Waals surface area contributed by atoms with Gasteiger partial charge in [0.05, 0.1) is 19.8 Å². The lowest BCUT2D eigenvalue weighted by Gasteiger charge is -2.50. The number of phenolic OH excluding ortho intramolecular Hbond substituents is 2. The third-order valence-corrected chi connectivity index (χ3v) is 6.65. The van der Waals surface area contributed by atoms with Crippen LogP contribution in [0.3, 0.4) is 0 Å². The molecule has 146 valence electrons. The maximum Gasteiger partial charge on any atom is 0.166 e. The average molecular weight is 379 g/mol. The fraction of sp³-hybridized carbons (Fsp3) is 0.391. The second-order valence-corrected chi connectivity index (χ2v) is 7.93. The summed E-state index contributed by atoms with van der Waals surface area (Å²) in [5.74, 6) is 1.48. The lowest BCUT2D eigenvalue weighted by molar-refractivity contribution is 0.152. The van der Waals surface area contributed by atoms with Crippen molar-refractivity contribution in [2.24, 2.45) is 0 Å². The average Bonchev–Trinajstić information content (AvgIpc) is 3.18. The highest BCUT2D eigenvalue weighted by molar-refractivity contribution is 5.88. The lowest BCUT2D eigenvalue weighted by Crippen LogP contribution is -2.48. The van der Waals surface area contributed by atoms with Crippen molar-refractivity contribution >= 4 is 11.8 Å². The van der Waals surface area contributed by atoms with E-state index in [1.165, 1.54) is 18.4 Å². The molecule has 5 nitrogen and oxygen atoms in total. The molecule has 0 unspecified atom stereocenters. The fourth-order valence-electron chi connectivity index (χ4n) is 5.47. The van der Waals surface area contributed by atoms with Crippen molar-refractivity contribution in [2.45, 2.75) is 37.6 Å². The Morgan fingerprint density at radius 2 is 1.75 bits per heavy atom. The number of hydrogen-bond acceptors (Lipinski definition) is 5. The Morgan fingerprint density at radius 3 is 2.46 bits per heavy atom. The number of phenols is 2. The molecule has 0 aromatic heterocycles. The Hall–Kier alpha value is -2.82. The summed E-state index contributed by atoms with van der Waals surface area (Å²) in [6.07, 6.45) is 7.52. The van der Waals surface area contributed by atoms with Crippen LogP contribution in [0.4, 0.5) is 0 Å². The molecule has 3 aliphatic rings. The second kappa shape index (κ2) is 6.09. The number of hydrogen-bond donors (Lipinski definition) is 2. The van der Waals surface area contributed by atoms with Gasteiger partial charge in [-0.1, -0.05) is 18.9 Å². The predicted molar refractivity (Wildman–Crippen MR) is 108 cm³/mol. The predicted octanol–water partition coefficient (Wildman–Crippen LogP) is 4.25. The number of nitrogens with zero attached hydrogens (tertiary/aromatic N) is 1. The summed E-state index contributed by atoms with van der Waals surface area (Å²) in [7, 11) is 3.40. The largest absolute Gasteiger partial charge is 0.504 e. The Morgan fingerprint density at radius 1 is 1.00 bits per heavy atom. The van der Waals surface area contributed by atoms with Gasteiger partial charge < -0.3 is 24.6 Å². The smallest absolute Gasteiger partial charge is 0.166 e. The maximum absolute atomic E-state index is 10.1. The topological polar surface area (TPSA) is 62.2 Å². The van der Waals surface area contributed by atoms with Crippen molar-refractivity contribution in [3.8, 4) is 23.0 Å². The molecule has 2 aromatic carbocycles. The van der Waals surface area contributed by atoms with E-state index in [1.807, 2.05) is 6.07 Å². The minimum absolute atomic E-state index is 0.0500. The van der Waals surface area contributed by atoms with Gasteiger partial charge in [-0.25, -0.2) is 0 Å². The highest BCUT2D eigenvalue weighted by atomic mass is 16.5. The molecule has 2 aliphatic heterocycles. The number of aromatic hydroxyl groups is 2. The first-order valence-electron chi connectivity index (χ1n) is 9.89. The van der Waals surface area contributed by atoms with Gasteiger partial charge in [-0.3, -0.25) is 0 Å². The van der Waals surface area contributed by atoms with Gasteiger partial charge in [0.2, 0.25) is 0 Å². The third kappa shape index (κ3) is 2.19. The van der Waals surface area contributed by atoms with Crippen LogP contribution < -0.4 is 9.47 Å². The van der Waals surface area contributed by atoms with Crippen molar-refractivity contribution in [1.82, 2.24) is 4.90 Å². The van der Waals surface area contributed by atoms with E-state index >= 15 is 0 Å². The molecule has 1 spiro atoms. The van der Waals surface area contributed by atoms with Crippen LogP contribution in [0.25, 0.3) is 11.8 Å². The Balaban J connectivity index is 1.80. The van der Waals surface area contributed by atoms with Crippen LogP contribution in [-0.2, 0) is 12.0 Å². The number of fused-ring (bicyclic) bond motifs is 6. The molecule has 5 rings (SSSR count). The zero-order valence-electron chi connectivity index (χ0n) is 16.3. The molecule has 0 radical (unpaired) electrons. The van der Waals surface area contributed by atoms with Gasteiger partial charge in [-0.15, -0.1) is 0 Å². The summed E-state index contributed by atoms with van der Waals surface area (Å²) in [6, 6.07) is 7.48. The van der Waals surface area contributed by atoms with E-state index in [2.05, 4.69) is 17.0 Å². The first-order chi connectivity index (χ1) is 13.6. The number of ether oxygens (including phenoxy) is 2. The number of rotatable bonds is 2. The molecule has 0 saturated heterocycles.